The first-order chi connectivity index (χ1) is 13.0. The predicted octanol–water partition coefficient (Wildman–Crippen LogP) is 3.05. The van der Waals surface area contributed by atoms with E-state index in [9.17, 15) is 14.7 Å². The van der Waals surface area contributed by atoms with Crippen LogP contribution >= 0.6 is 0 Å². The Hall–Kier alpha value is -1.42. The number of hydrogen-bond donors (Lipinski definition) is 1. The number of ether oxygens (including phenoxy) is 1. The van der Waals surface area contributed by atoms with E-state index in [1.807, 2.05) is 6.08 Å². The summed E-state index contributed by atoms with van der Waals surface area (Å²) in [7, 11) is 0. The molecule has 0 radical (unpaired) electrons. The molecule has 1 spiro atoms. The Balaban J connectivity index is 1.40. The van der Waals surface area contributed by atoms with Crippen molar-refractivity contribution in [2.24, 2.45) is 46.8 Å². The molecule has 4 nitrogen and oxygen atoms in total. The summed E-state index contributed by atoms with van der Waals surface area (Å²) in [5, 5.41) is 10.1. The molecule has 0 aromatic rings. The molecule has 0 saturated heterocycles. The second-order valence-corrected chi connectivity index (χ2v) is 10.2. The molecule has 4 fully saturated rings. The molecular weight excluding hydrogens is 340 g/mol. The minimum Gasteiger partial charge on any atom is -0.451 e. The molecular formula is C23H28O4. The van der Waals surface area contributed by atoms with Crippen LogP contribution in [0.5, 0.6) is 0 Å². The zero-order chi connectivity index (χ0) is 18.6. The molecule has 3 unspecified atom stereocenters. The fraction of sp³-hybridized carbons (Fsp3) is 0.739. The number of hydrogen-bond acceptors (Lipinski definition) is 4. The normalized spacial score (nSPS) is 54.7. The van der Waals surface area contributed by atoms with Crippen molar-refractivity contribution in [1.82, 2.24) is 0 Å². The predicted molar refractivity (Wildman–Crippen MR) is 98.4 cm³/mol. The maximum Gasteiger partial charge on any atom is 0.331 e. The van der Waals surface area contributed by atoms with E-state index in [2.05, 4.69) is 13.0 Å². The number of esters is 1. The van der Waals surface area contributed by atoms with Crippen molar-refractivity contribution in [3.05, 3.63) is 23.8 Å². The molecule has 1 N–H and O–H groups in total. The van der Waals surface area contributed by atoms with Crippen molar-refractivity contribution in [1.29, 1.82) is 0 Å². The van der Waals surface area contributed by atoms with Gasteiger partial charge in [0.25, 0.3) is 0 Å². The molecule has 5 aliphatic carbocycles. The van der Waals surface area contributed by atoms with Gasteiger partial charge in [0.2, 0.25) is 0 Å². The van der Waals surface area contributed by atoms with Crippen LogP contribution in [0.15, 0.2) is 23.8 Å². The van der Waals surface area contributed by atoms with Crippen LogP contribution in [0, 0.1) is 46.8 Å². The van der Waals surface area contributed by atoms with E-state index in [4.69, 9.17) is 4.74 Å². The van der Waals surface area contributed by atoms with Crippen LogP contribution < -0.4 is 0 Å². The molecule has 1 heterocycles. The molecule has 0 aromatic carbocycles. The smallest absolute Gasteiger partial charge is 0.331 e. The van der Waals surface area contributed by atoms with E-state index in [0.717, 1.165) is 25.7 Å². The third-order valence-corrected chi connectivity index (χ3v) is 9.45. The molecule has 6 aliphatic rings. The Morgan fingerprint density at radius 1 is 1.19 bits per heavy atom. The molecule has 144 valence electrons. The third kappa shape index (κ3) is 1.88. The molecule has 1 aliphatic heterocycles. The van der Waals surface area contributed by atoms with Gasteiger partial charge in [-0.1, -0.05) is 12.5 Å². The van der Waals surface area contributed by atoms with E-state index >= 15 is 0 Å². The van der Waals surface area contributed by atoms with E-state index < -0.39 is 0 Å². The van der Waals surface area contributed by atoms with Gasteiger partial charge in [-0.3, -0.25) is 4.79 Å². The highest BCUT2D eigenvalue weighted by Gasteiger charge is 2.78. The third-order valence-electron chi connectivity index (χ3n) is 9.45. The van der Waals surface area contributed by atoms with Gasteiger partial charge in [-0.05, 0) is 73.8 Å². The fourth-order valence-electron chi connectivity index (χ4n) is 8.47. The quantitative estimate of drug-likeness (QED) is 0.723. The second-order valence-electron chi connectivity index (χ2n) is 10.2. The molecule has 0 aromatic heterocycles. The highest BCUT2D eigenvalue weighted by Crippen LogP contribution is 2.77. The second kappa shape index (κ2) is 5.14. The monoisotopic (exact) mass is 368 g/mol. The largest absolute Gasteiger partial charge is 0.451 e. The van der Waals surface area contributed by atoms with E-state index in [-0.39, 0.29) is 35.3 Å². The molecule has 9 atom stereocenters. The van der Waals surface area contributed by atoms with Crippen molar-refractivity contribution in [3.63, 3.8) is 0 Å². The van der Waals surface area contributed by atoms with Gasteiger partial charge in [-0.2, -0.15) is 0 Å². The van der Waals surface area contributed by atoms with Gasteiger partial charge in [0.15, 0.2) is 5.78 Å². The van der Waals surface area contributed by atoms with Crippen LogP contribution in [-0.4, -0.2) is 29.1 Å². The standard InChI is InChI=1S/C23H28O4/c1-22-6-4-15-14-3-2-13(25)9-16(14)12(11-24)8-17(15)21(22)18-10-19(18)23(22)7-5-20(26)27-23/h5,7,9,12,14-15,17-19,21,24H,2-4,6,8,10-11H2,1H3/t12-,14-,15?,17?,18+,19-,21?,22+,23+/m1/s1. The Morgan fingerprint density at radius 3 is 2.78 bits per heavy atom. The number of aliphatic hydroxyl groups excluding tert-OH is 1. The highest BCUT2D eigenvalue weighted by molar-refractivity contribution is 5.91. The number of carbonyl (C=O) groups excluding carboxylic acids is 2. The summed E-state index contributed by atoms with van der Waals surface area (Å²) in [5.41, 5.74) is 0.888. The van der Waals surface area contributed by atoms with Crippen molar-refractivity contribution in [2.45, 2.75) is 51.0 Å². The lowest BCUT2D eigenvalue weighted by atomic mass is 9.48. The summed E-state index contributed by atoms with van der Waals surface area (Å²) in [6, 6.07) is 0. The van der Waals surface area contributed by atoms with Gasteiger partial charge < -0.3 is 9.84 Å². The molecule has 0 amide bonds. The first kappa shape index (κ1) is 16.5. The summed E-state index contributed by atoms with van der Waals surface area (Å²) < 4.78 is 6.03. The molecule has 27 heavy (non-hydrogen) atoms. The maximum absolute atomic E-state index is 12.0. The Morgan fingerprint density at radius 2 is 2.04 bits per heavy atom. The Labute approximate surface area is 160 Å². The fourth-order valence-corrected chi connectivity index (χ4v) is 8.47. The van der Waals surface area contributed by atoms with Crippen LogP contribution in [0.25, 0.3) is 0 Å². The Kier molecular flexibility index (Phi) is 3.14. The topological polar surface area (TPSA) is 63.6 Å². The van der Waals surface area contributed by atoms with E-state index in [0.29, 0.717) is 41.9 Å². The van der Waals surface area contributed by atoms with Crippen LogP contribution in [0.3, 0.4) is 0 Å². The van der Waals surface area contributed by atoms with Crippen molar-refractivity contribution < 1.29 is 19.4 Å². The molecule has 0 bridgehead atoms. The lowest BCUT2D eigenvalue weighted by Gasteiger charge is -2.58. The van der Waals surface area contributed by atoms with Crippen LogP contribution in [0.4, 0.5) is 0 Å². The van der Waals surface area contributed by atoms with Gasteiger partial charge in [-0.15, -0.1) is 0 Å². The van der Waals surface area contributed by atoms with Gasteiger partial charge in [-0.25, -0.2) is 4.79 Å². The summed E-state index contributed by atoms with van der Waals surface area (Å²) >= 11 is 0. The van der Waals surface area contributed by atoms with Crippen LogP contribution in [-0.2, 0) is 14.3 Å². The summed E-state index contributed by atoms with van der Waals surface area (Å²) in [6.45, 7) is 2.52. The van der Waals surface area contributed by atoms with E-state index in [1.54, 1.807) is 6.08 Å². The van der Waals surface area contributed by atoms with Crippen molar-refractivity contribution >= 4 is 11.8 Å². The molecule has 4 heteroatoms. The first-order valence-corrected chi connectivity index (χ1v) is 10.8. The summed E-state index contributed by atoms with van der Waals surface area (Å²) in [5.74, 6) is 3.61. The highest BCUT2D eigenvalue weighted by atomic mass is 16.6. The summed E-state index contributed by atoms with van der Waals surface area (Å²) in [6.07, 6.45) is 11.7. The van der Waals surface area contributed by atoms with E-state index in [1.165, 1.54) is 12.0 Å². The lowest BCUT2D eigenvalue weighted by molar-refractivity contribution is -0.168. The van der Waals surface area contributed by atoms with Gasteiger partial charge in [0, 0.05) is 36.4 Å². The summed E-state index contributed by atoms with van der Waals surface area (Å²) in [4.78, 5) is 24.0. The minimum absolute atomic E-state index is 0.0239. The number of rotatable bonds is 1. The van der Waals surface area contributed by atoms with Crippen molar-refractivity contribution in [2.75, 3.05) is 6.61 Å². The number of ketones is 1. The maximum atomic E-state index is 12.0. The number of carbonyl (C=O) groups is 2. The molecule has 4 saturated carbocycles. The first-order valence-electron chi connectivity index (χ1n) is 10.8. The average Bonchev–Trinajstić information content (AvgIpc) is 3.29. The van der Waals surface area contributed by atoms with Crippen LogP contribution in [0.2, 0.25) is 0 Å². The minimum atomic E-state index is -0.377. The molecule has 6 rings (SSSR count). The van der Waals surface area contributed by atoms with Gasteiger partial charge >= 0.3 is 5.97 Å². The van der Waals surface area contributed by atoms with Gasteiger partial charge in [0.05, 0.1) is 0 Å². The van der Waals surface area contributed by atoms with Gasteiger partial charge in [0.1, 0.15) is 5.60 Å². The van der Waals surface area contributed by atoms with Crippen LogP contribution in [0.1, 0.15) is 45.4 Å². The zero-order valence-electron chi connectivity index (χ0n) is 15.9. The number of aliphatic hydroxyl groups is 1. The lowest BCUT2D eigenvalue weighted by Crippen LogP contribution is -2.55. The SMILES string of the molecule is C[C@]12CCC3C(C[C@H](CO)C4=CC(=O)CC[C@@H]43)C1[C@H]1C[C@H]1[C@@]21C=CC(=O)O1. The van der Waals surface area contributed by atoms with Crippen molar-refractivity contribution in [3.8, 4) is 0 Å². The zero-order valence-corrected chi connectivity index (χ0v) is 15.9. The Bertz CT molecular complexity index is 796. The number of fused-ring (bicyclic) bond motifs is 9. The average molecular weight is 368 g/mol.